The minimum atomic E-state index is -4.66. The summed E-state index contributed by atoms with van der Waals surface area (Å²) >= 11 is 0.893. The first-order chi connectivity index (χ1) is 9.86. The fourth-order valence-corrected chi connectivity index (χ4v) is 2.53. The van der Waals surface area contributed by atoms with E-state index in [2.05, 4.69) is 15.3 Å². The molecule has 21 heavy (non-hydrogen) atoms. The Morgan fingerprint density at radius 1 is 1.29 bits per heavy atom. The molecule has 0 amide bonds. The molecule has 10 heteroatoms. The molecule has 0 spiro atoms. The number of carboxylic acids is 1. The standard InChI is InChI=1S/C11H5F3N4O2S/c12-11(13,14)9-15-16-10-18(9)17-7(21-10)5-2-1-3-6(4-5)8(19)20/h1-4H,(H,19,20). The van der Waals surface area contributed by atoms with Crippen LogP contribution in [0.3, 0.4) is 0 Å². The van der Waals surface area contributed by atoms with Gasteiger partial charge in [-0.15, -0.1) is 10.2 Å². The molecule has 0 aliphatic heterocycles. The summed E-state index contributed by atoms with van der Waals surface area (Å²) < 4.78 is 38.7. The van der Waals surface area contributed by atoms with Crippen molar-refractivity contribution in [3.8, 4) is 10.6 Å². The van der Waals surface area contributed by atoms with Crippen LogP contribution in [0.5, 0.6) is 0 Å². The SMILES string of the molecule is O=C(O)c1cccc(-c2nn3c(C(F)(F)F)nnc3s2)c1. The normalized spacial score (nSPS) is 12.0. The van der Waals surface area contributed by atoms with Gasteiger partial charge in [0.1, 0.15) is 5.01 Å². The maximum Gasteiger partial charge on any atom is 0.453 e. The second-order valence-electron chi connectivity index (χ2n) is 4.01. The summed E-state index contributed by atoms with van der Waals surface area (Å²) in [7, 11) is 0. The highest BCUT2D eigenvalue weighted by Crippen LogP contribution is 2.31. The molecule has 108 valence electrons. The Morgan fingerprint density at radius 2 is 2.05 bits per heavy atom. The maximum absolute atomic E-state index is 12.7. The van der Waals surface area contributed by atoms with Crippen molar-refractivity contribution < 1.29 is 23.1 Å². The van der Waals surface area contributed by atoms with E-state index >= 15 is 0 Å². The van der Waals surface area contributed by atoms with E-state index in [0.29, 0.717) is 10.1 Å². The fraction of sp³-hybridized carbons (Fsp3) is 0.0909. The van der Waals surface area contributed by atoms with Gasteiger partial charge in [-0.05, 0) is 12.1 Å². The summed E-state index contributed by atoms with van der Waals surface area (Å²) in [6, 6.07) is 5.77. The first-order valence-electron chi connectivity index (χ1n) is 5.49. The predicted molar refractivity (Wildman–Crippen MR) is 66.1 cm³/mol. The van der Waals surface area contributed by atoms with Crippen LogP contribution in [0.15, 0.2) is 24.3 Å². The molecule has 2 aromatic heterocycles. The Balaban J connectivity index is 2.12. The number of benzene rings is 1. The van der Waals surface area contributed by atoms with Crippen molar-refractivity contribution in [3.05, 3.63) is 35.7 Å². The van der Waals surface area contributed by atoms with E-state index in [0.717, 1.165) is 11.3 Å². The summed E-state index contributed by atoms with van der Waals surface area (Å²) in [5.74, 6) is -2.34. The maximum atomic E-state index is 12.7. The molecule has 0 aliphatic carbocycles. The molecule has 0 unspecified atom stereocenters. The van der Waals surface area contributed by atoms with Gasteiger partial charge in [0, 0.05) is 5.56 Å². The Bertz CT molecular complexity index is 839. The number of alkyl halides is 3. The van der Waals surface area contributed by atoms with E-state index in [4.69, 9.17) is 5.11 Å². The predicted octanol–water partition coefficient (Wildman–Crippen LogP) is 2.57. The average molecular weight is 314 g/mol. The van der Waals surface area contributed by atoms with Crippen LogP contribution in [0.4, 0.5) is 13.2 Å². The van der Waals surface area contributed by atoms with Crippen molar-refractivity contribution in [1.29, 1.82) is 0 Å². The summed E-state index contributed by atoms with van der Waals surface area (Å²) in [6.45, 7) is 0. The number of nitrogens with zero attached hydrogens (tertiary/aromatic N) is 4. The van der Waals surface area contributed by atoms with Gasteiger partial charge in [0.05, 0.1) is 5.56 Å². The lowest BCUT2D eigenvalue weighted by molar-refractivity contribution is -0.146. The second-order valence-corrected chi connectivity index (χ2v) is 4.96. The van der Waals surface area contributed by atoms with E-state index in [9.17, 15) is 18.0 Å². The molecule has 0 atom stereocenters. The topological polar surface area (TPSA) is 80.4 Å². The largest absolute Gasteiger partial charge is 0.478 e. The van der Waals surface area contributed by atoms with Gasteiger partial charge in [0.2, 0.25) is 4.96 Å². The van der Waals surface area contributed by atoms with Crippen LogP contribution >= 0.6 is 11.3 Å². The lowest BCUT2D eigenvalue weighted by atomic mass is 10.1. The molecule has 3 aromatic rings. The van der Waals surface area contributed by atoms with Crippen LogP contribution in [-0.4, -0.2) is 30.9 Å². The molecule has 0 bridgehead atoms. The number of hydrogen-bond acceptors (Lipinski definition) is 5. The molecule has 0 saturated heterocycles. The minimum absolute atomic E-state index is 0.0157. The van der Waals surface area contributed by atoms with Crippen molar-refractivity contribution in [3.63, 3.8) is 0 Å². The minimum Gasteiger partial charge on any atom is -0.478 e. The quantitative estimate of drug-likeness (QED) is 0.786. The van der Waals surface area contributed by atoms with Crippen LogP contribution in [0.2, 0.25) is 0 Å². The second kappa shape index (κ2) is 4.52. The van der Waals surface area contributed by atoms with E-state index < -0.39 is 18.0 Å². The molecule has 2 heterocycles. The lowest BCUT2D eigenvalue weighted by Gasteiger charge is -2.00. The van der Waals surface area contributed by atoms with Gasteiger partial charge in [-0.2, -0.15) is 22.8 Å². The van der Waals surface area contributed by atoms with Crippen LogP contribution in [0.25, 0.3) is 15.5 Å². The number of aromatic carboxylic acids is 1. The number of hydrogen-bond donors (Lipinski definition) is 1. The summed E-state index contributed by atoms with van der Waals surface area (Å²) in [5, 5.41) is 19.4. The van der Waals surface area contributed by atoms with Crippen molar-refractivity contribution in [2.45, 2.75) is 6.18 Å². The zero-order chi connectivity index (χ0) is 15.2. The van der Waals surface area contributed by atoms with Gasteiger partial charge >= 0.3 is 12.1 Å². The summed E-state index contributed by atoms with van der Waals surface area (Å²) in [4.78, 5) is 10.9. The van der Waals surface area contributed by atoms with Gasteiger partial charge in [-0.3, -0.25) is 0 Å². The zero-order valence-corrected chi connectivity index (χ0v) is 10.8. The highest BCUT2D eigenvalue weighted by Gasteiger charge is 2.38. The van der Waals surface area contributed by atoms with Crippen LogP contribution in [0, 0.1) is 0 Å². The zero-order valence-electron chi connectivity index (χ0n) is 10.00. The van der Waals surface area contributed by atoms with Crippen molar-refractivity contribution in [2.24, 2.45) is 0 Å². The average Bonchev–Trinajstić information content (AvgIpc) is 2.96. The fourth-order valence-electron chi connectivity index (χ4n) is 1.70. The molecule has 0 fully saturated rings. The third-order valence-electron chi connectivity index (χ3n) is 2.60. The molecule has 1 N–H and O–H groups in total. The lowest BCUT2D eigenvalue weighted by Crippen LogP contribution is -2.11. The van der Waals surface area contributed by atoms with Crippen LogP contribution < -0.4 is 0 Å². The number of fused-ring (bicyclic) bond motifs is 1. The van der Waals surface area contributed by atoms with E-state index in [-0.39, 0.29) is 15.5 Å². The van der Waals surface area contributed by atoms with Crippen molar-refractivity contribution in [1.82, 2.24) is 19.8 Å². The van der Waals surface area contributed by atoms with E-state index in [1.165, 1.54) is 18.2 Å². The number of carboxylic acid groups (broad SMARTS) is 1. The third kappa shape index (κ3) is 2.33. The molecule has 1 aromatic carbocycles. The van der Waals surface area contributed by atoms with Gasteiger partial charge in [0.15, 0.2) is 0 Å². The molecule has 0 radical (unpaired) electrons. The Morgan fingerprint density at radius 3 is 2.71 bits per heavy atom. The van der Waals surface area contributed by atoms with Crippen LogP contribution in [-0.2, 0) is 6.18 Å². The number of rotatable bonds is 2. The summed E-state index contributed by atoms with van der Waals surface area (Å²) in [6.07, 6.45) is -4.66. The molecular formula is C11H5F3N4O2S. The van der Waals surface area contributed by atoms with Gasteiger partial charge in [0.25, 0.3) is 5.82 Å². The highest BCUT2D eigenvalue weighted by molar-refractivity contribution is 7.19. The Labute approximate surface area is 118 Å². The Hall–Kier alpha value is -2.49. The number of halogens is 3. The van der Waals surface area contributed by atoms with Gasteiger partial charge in [-0.1, -0.05) is 23.5 Å². The van der Waals surface area contributed by atoms with Crippen LogP contribution in [0.1, 0.15) is 16.2 Å². The van der Waals surface area contributed by atoms with Gasteiger partial charge in [-0.25, -0.2) is 4.79 Å². The molecule has 3 rings (SSSR count). The van der Waals surface area contributed by atoms with Crippen molar-refractivity contribution >= 4 is 22.3 Å². The molecule has 0 saturated carbocycles. The molecule has 6 nitrogen and oxygen atoms in total. The number of aromatic nitrogens is 4. The third-order valence-corrected chi connectivity index (χ3v) is 3.55. The van der Waals surface area contributed by atoms with E-state index in [1.54, 1.807) is 6.07 Å². The molecule has 0 aliphatic rings. The summed E-state index contributed by atoms with van der Waals surface area (Å²) in [5.41, 5.74) is 0.424. The monoisotopic (exact) mass is 314 g/mol. The van der Waals surface area contributed by atoms with Crippen molar-refractivity contribution in [2.75, 3.05) is 0 Å². The number of carbonyl (C=O) groups is 1. The first-order valence-corrected chi connectivity index (χ1v) is 6.31. The Kier molecular flexibility index (Phi) is 2.90. The van der Waals surface area contributed by atoms with E-state index in [1.807, 2.05) is 0 Å². The first kappa shape index (κ1) is 13.5. The molecular weight excluding hydrogens is 309 g/mol. The highest BCUT2D eigenvalue weighted by atomic mass is 32.1. The smallest absolute Gasteiger partial charge is 0.453 e. The van der Waals surface area contributed by atoms with Gasteiger partial charge < -0.3 is 5.11 Å².